The van der Waals surface area contributed by atoms with Gasteiger partial charge in [-0.1, -0.05) is 35.4 Å². The van der Waals surface area contributed by atoms with Crippen LogP contribution in [0.15, 0.2) is 60.4 Å². The maximum atomic E-state index is 13.8. The molecule has 0 fully saturated rings. The third-order valence-electron chi connectivity index (χ3n) is 5.24. The maximum Gasteiger partial charge on any atom is 0.261 e. The van der Waals surface area contributed by atoms with Gasteiger partial charge in [0, 0.05) is 31.2 Å². The fourth-order valence-corrected chi connectivity index (χ4v) is 3.79. The van der Waals surface area contributed by atoms with E-state index in [2.05, 4.69) is 27.1 Å². The Balaban J connectivity index is 1.52. The van der Waals surface area contributed by atoms with Gasteiger partial charge < -0.3 is 10.2 Å². The van der Waals surface area contributed by atoms with Crippen molar-refractivity contribution in [3.8, 4) is 0 Å². The highest BCUT2D eigenvalue weighted by molar-refractivity contribution is 6.31. The van der Waals surface area contributed by atoms with Crippen LogP contribution < -0.4 is 10.2 Å². The van der Waals surface area contributed by atoms with Crippen molar-refractivity contribution >= 4 is 34.6 Å². The molecule has 31 heavy (non-hydrogen) atoms. The number of hydrogen-bond donors (Lipinski definition) is 1. The van der Waals surface area contributed by atoms with Gasteiger partial charge in [0.05, 0.1) is 0 Å². The summed E-state index contributed by atoms with van der Waals surface area (Å²) in [5, 5.41) is 2.90. The molecule has 1 aliphatic heterocycles. The minimum atomic E-state index is -0.903. The van der Waals surface area contributed by atoms with Crippen LogP contribution in [0.5, 0.6) is 0 Å². The second kappa shape index (κ2) is 8.81. The number of nitrogens with zero attached hydrogens (tertiary/aromatic N) is 3. The van der Waals surface area contributed by atoms with Gasteiger partial charge >= 0.3 is 0 Å². The Bertz CT molecular complexity index is 1140. The fourth-order valence-electron chi connectivity index (χ4n) is 3.57. The van der Waals surface area contributed by atoms with Gasteiger partial charge in [-0.05, 0) is 48.7 Å². The second-order valence-electron chi connectivity index (χ2n) is 7.23. The zero-order chi connectivity index (χ0) is 22.0. The summed E-state index contributed by atoms with van der Waals surface area (Å²) in [6.45, 7) is 3.49. The van der Waals surface area contributed by atoms with Crippen LogP contribution in [-0.2, 0) is 0 Å². The molecule has 1 N–H and O–H groups in total. The standard InChI is InChI=1S/C23H19ClF2N4O/c1-14-9-12-30(22-21(24)27-10-11-28-22)13-17(14)15-5-7-16(8-6-15)29-23(31)20-18(25)3-2-4-19(20)26/h2-8,10-11H,9,12-13H2,1H3,(H,29,31). The van der Waals surface area contributed by atoms with Crippen LogP contribution in [0.1, 0.15) is 29.3 Å². The van der Waals surface area contributed by atoms with E-state index >= 15 is 0 Å². The molecule has 1 amide bonds. The molecular formula is C23H19ClF2N4O. The van der Waals surface area contributed by atoms with Crippen molar-refractivity contribution in [2.45, 2.75) is 13.3 Å². The zero-order valence-corrected chi connectivity index (χ0v) is 17.5. The molecule has 0 aliphatic carbocycles. The number of carbonyl (C=O) groups excluding carboxylic acids is 1. The lowest BCUT2D eigenvalue weighted by Crippen LogP contribution is -2.31. The molecular weight excluding hydrogens is 422 g/mol. The topological polar surface area (TPSA) is 58.1 Å². The third-order valence-corrected chi connectivity index (χ3v) is 5.50. The van der Waals surface area contributed by atoms with Crippen LogP contribution in [0, 0.1) is 11.6 Å². The van der Waals surface area contributed by atoms with Gasteiger partial charge in [0.2, 0.25) is 0 Å². The number of aromatic nitrogens is 2. The van der Waals surface area contributed by atoms with Crippen molar-refractivity contribution in [1.29, 1.82) is 0 Å². The predicted molar refractivity (Wildman–Crippen MR) is 117 cm³/mol. The van der Waals surface area contributed by atoms with Crippen molar-refractivity contribution in [3.63, 3.8) is 0 Å². The van der Waals surface area contributed by atoms with Gasteiger partial charge in [-0.15, -0.1) is 0 Å². The molecule has 4 rings (SSSR count). The Morgan fingerprint density at radius 3 is 2.42 bits per heavy atom. The normalized spacial score (nSPS) is 14.0. The molecule has 1 aromatic heterocycles. The summed E-state index contributed by atoms with van der Waals surface area (Å²) in [4.78, 5) is 22.8. The van der Waals surface area contributed by atoms with E-state index in [0.717, 1.165) is 36.2 Å². The van der Waals surface area contributed by atoms with Crippen LogP contribution >= 0.6 is 11.6 Å². The zero-order valence-electron chi connectivity index (χ0n) is 16.7. The van der Waals surface area contributed by atoms with E-state index in [-0.39, 0.29) is 0 Å². The molecule has 2 heterocycles. The predicted octanol–water partition coefficient (Wildman–Crippen LogP) is 5.34. The Kier molecular flexibility index (Phi) is 5.95. The number of amides is 1. The average molecular weight is 441 g/mol. The molecule has 0 saturated carbocycles. The molecule has 0 bridgehead atoms. The van der Waals surface area contributed by atoms with E-state index in [1.54, 1.807) is 24.5 Å². The van der Waals surface area contributed by atoms with Crippen molar-refractivity contribution in [2.24, 2.45) is 0 Å². The molecule has 2 aromatic carbocycles. The summed E-state index contributed by atoms with van der Waals surface area (Å²) in [5.74, 6) is -2.00. The quantitative estimate of drug-likeness (QED) is 0.594. The van der Waals surface area contributed by atoms with E-state index in [1.807, 2.05) is 12.1 Å². The lowest BCUT2D eigenvalue weighted by Gasteiger charge is -2.31. The first-order valence-electron chi connectivity index (χ1n) is 9.70. The maximum absolute atomic E-state index is 13.8. The summed E-state index contributed by atoms with van der Waals surface area (Å²) in [6.07, 6.45) is 4.02. The highest BCUT2D eigenvalue weighted by Crippen LogP contribution is 2.31. The highest BCUT2D eigenvalue weighted by Gasteiger charge is 2.22. The molecule has 0 radical (unpaired) electrons. The van der Waals surface area contributed by atoms with Gasteiger partial charge in [0.25, 0.3) is 5.91 Å². The van der Waals surface area contributed by atoms with E-state index < -0.39 is 23.1 Å². The molecule has 0 unspecified atom stereocenters. The number of nitrogens with one attached hydrogen (secondary N) is 1. The summed E-state index contributed by atoms with van der Waals surface area (Å²) in [7, 11) is 0. The average Bonchev–Trinajstić information content (AvgIpc) is 2.75. The first-order chi connectivity index (χ1) is 14.9. The van der Waals surface area contributed by atoms with E-state index in [4.69, 9.17) is 11.6 Å². The number of hydrogen-bond acceptors (Lipinski definition) is 4. The lowest BCUT2D eigenvalue weighted by molar-refractivity contribution is 0.101. The van der Waals surface area contributed by atoms with E-state index in [1.165, 1.54) is 11.6 Å². The Labute approximate surface area is 183 Å². The monoisotopic (exact) mass is 440 g/mol. The summed E-state index contributed by atoms with van der Waals surface area (Å²) in [6, 6.07) is 10.5. The fraction of sp³-hybridized carbons (Fsp3) is 0.174. The van der Waals surface area contributed by atoms with E-state index in [9.17, 15) is 13.6 Å². The van der Waals surface area contributed by atoms with Crippen LogP contribution in [0.4, 0.5) is 20.3 Å². The minimum absolute atomic E-state index is 0.361. The molecule has 0 saturated heterocycles. The highest BCUT2D eigenvalue weighted by atomic mass is 35.5. The second-order valence-corrected chi connectivity index (χ2v) is 7.59. The van der Waals surface area contributed by atoms with Crippen molar-refractivity contribution in [1.82, 2.24) is 9.97 Å². The van der Waals surface area contributed by atoms with E-state index in [0.29, 0.717) is 23.2 Å². The molecule has 0 atom stereocenters. The third kappa shape index (κ3) is 4.41. The number of benzene rings is 2. The van der Waals surface area contributed by atoms with Gasteiger partial charge in [-0.2, -0.15) is 0 Å². The summed E-state index contributed by atoms with van der Waals surface area (Å²) in [5.41, 5.74) is 3.21. The van der Waals surface area contributed by atoms with Crippen LogP contribution in [-0.4, -0.2) is 29.0 Å². The first kappa shape index (κ1) is 20.9. The SMILES string of the molecule is CC1=C(c2ccc(NC(=O)c3c(F)cccc3F)cc2)CN(c2nccnc2Cl)CC1. The van der Waals surface area contributed by atoms with Crippen LogP contribution in [0.2, 0.25) is 5.15 Å². The number of anilines is 2. The number of halogens is 3. The molecule has 158 valence electrons. The lowest BCUT2D eigenvalue weighted by atomic mass is 9.95. The number of rotatable bonds is 4. The summed E-state index contributed by atoms with van der Waals surface area (Å²) >= 11 is 6.20. The van der Waals surface area contributed by atoms with Gasteiger partial charge in [0.15, 0.2) is 11.0 Å². The Morgan fingerprint density at radius 1 is 1.06 bits per heavy atom. The summed E-state index contributed by atoms with van der Waals surface area (Å²) < 4.78 is 27.7. The van der Waals surface area contributed by atoms with Crippen molar-refractivity contribution in [3.05, 3.63) is 88.3 Å². The van der Waals surface area contributed by atoms with Gasteiger partial charge in [-0.25, -0.2) is 18.7 Å². The Morgan fingerprint density at radius 2 is 1.74 bits per heavy atom. The van der Waals surface area contributed by atoms with Gasteiger partial charge in [-0.3, -0.25) is 4.79 Å². The molecule has 1 aliphatic rings. The van der Waals surface area contributed by atoms with Crippen molar-refractivity contribution in [2.75, 3.05) is 23.3 Å². The smallest absolute Gasteiger partial charge is 0.261 e. The first-order valence-corrected chi connectivity index (χ1v) is 10.1. The number of carbonyl (C=O) groups is 1. The van der Waals surface area contributed by atoms with Crippen molar-refractivity contribution < 1.29 is 13.6 Å². The van der Waals surface area contributed by atoms with Crippen LogP contribution in [0.25, 0.3) is 5.57 Å². The van der Waals surface area contributed by atoms with Gasteiger partial charge in [0.1, 0.15) is 17.2 Å². The van der Waals surface area contributed by atoms with Crippen LogP contribution in [0.3, 0.4) is 0 Å². The minimum Gasteiger partial charge on any atom is -0.349 e. The Hall–Kier alpha value is -3.32. The molecule has 3 aromatic rings. The molecule has 0 spiro atoms. The molecule has 8 heteroatoms. The molecule has 5 nitrogen and oxygen atoms in total. The largest absolute Gasteiger partial charge is 0.349 e.